The lowest BCUT2D eigenvalue weighted by Gasteiger charge is -2.19. The molecular weight excluding hydrogens is 306 g/mol. The predicted octanol–water partition coefficient (Wildman–Crippen LogP) is 4.36. The second kappa shape index (κ2) is 5.37. The highest BCUT2D eigenvalue weighted by Gasteiger charge is 2.20. The molecule has 0 unspecified atom stereocenters. The molecule has 0 aliphatic carbocycles. The highest BCUT2D eigenvalue weighted by atomic mass is 79.9. The van der Waals surface area contributed by atoms with Crippen LogP contribution in [0.25, 0.3) is 10.9 Å². The van der Waals surface area contributed by atoms with Crippen molar-refractivity contribution < 1.29 is 9.53 Å². The molecule has 1 aromatic carbocycles. The maximum Gasteiger partial charge on any atom is 0.419 e. The Hall–Kier alpha value is -1.29. The molecule has 19 heavy (non-hydrogen) atoms. The van der Waals surface area contributed by atoms with Gasteiger partial charge in [0.2, 0.25) is 0 Å². The standard InChI is InChI=1S/C15H18BrNO2/c1-15(2,3)19-14(18)17-10-11(8-9-16)12-6-4-5-7-13(12)17/h4-7,10H,8-9H2,1-3H3. The number of hydrogen-bond acceptors (Lipinski definition) is 2. The zero-order valence-electron chi connectivity index (χ0n) is 11.4. The monoisotopic (exact) mass is 323 g/mol. The van der Waals surface area contributed by atoms with E-state index in [0.717, 1.165) is 28.2 Å². The number of alkyl halides is 1. The summed E-state index contributed by atoms with van der Waals surface area (Å²) >= 11 is 3.44. The van der Waals surface area contributed by atoms with Gasteiger partial charge >= 0.3 is 6.09 Å². The number of rotatable bonds is 2. The summed E-state index contributed by atoms with van der Waals surface area (Å²) in [4.78, 5) is 12.2. The fraction of sp³-hybridized carbons (Fsp3) is 0.400. The molecule has 0 atom stereocenters. The molecule has 2 rings (SSSR count). The smallest absolute Gasteiger partial charge is 0.419 e. The number of benzene rings is 1. The summed E-state index contributed by atoms with van der Waals surface area (Å²) in [5.74, 6) is 0. The molecule has 0 bridgehead atoms. The normalized spacial score (nSPS) is 11.8. The zero-order chi connectivity index (χ0) is 14.0. The van der Waals surface area contributed by atoms with Crippen molar-refractivity contribution in [2.75, 3.05) is 5.33 Å². The number of carbonyl (C=O) groups is 1. The van der Waals surface area contributed by atoms with Gasteiger partial charge in [-0.3, -0.25) is 4.57 Å². The minimum absolute atomic E-state index is 0.329. The first-order valence-electron chi connectivity index (χ1n) is 6.30. The van der Waals surface area contributed by atoms with Crippen molar-refractivity contribution in [3.63, 3.8) is 0 Å². The van der Waals surface area contributed by atoms with Crippen molar-refractivity contribution in [1.29, 1.82) is 0 Å². The Kier molecular flexibility index (Phi) is 3.99. The van der Waals surface area contributed by atoms with Gasteiger partial charge in [-0.15, -0.1) is 0 Å². The summed E-state index contributed by atoms with van der Waals surface area (Å²) in [6, 6.07) is 7.89. The molecule has 0 saturated carbocycles. The number of carbonyl (C=O) groups excluding carboxylic acids is 1. The third kappa shape index (κ3) is 3.18. The number of nitrogens with zero attached hydrogens (tertiary/aromatic N) is 1. The average Bonchev–Trinajstić information content (AvgIpc) is 2.67. The molecule has 0 aliphatic heterocycles. The Morgan fingerprint density at radius 3 is 2.63 bits per heavy atom. The minimum Gasteiger partial charge on any atom is -0.443 e. The van der Waals surface area contributed by atoms with Crippen molar-refractivity contribution in [2.45, 2.75) is 32.8 Å². The Balaban J connectivity index is 2.46. The van der Waals surface area contributed by atoms with Crippen LogP contribution in [-0.4, -0.2) is 21.6 Å². The Morgan fingerprint density at radius 2 is 2.00 bits per heavy atom. The molecule has 1 aromatic heterocycles. The van der Waals surface area contributed by atoms with Gasteiger partial charge in [0.1, 0.15) is 5.60 Å². The molecule has 4 heteroatoms. The third-order valence-corrected chi connectivity index (χ3v) is 3.14. The van der Waals surface area contributed by atoms with E-state index in [9.17, 15) is 4.79 Å². The maximum absolute atomic E-state index is 12.2. The van der Waals surface area contributed by atoms with E-state index in [2.05, 4.69) is 15.9 Å². The van der Waals surface area contributed by atoms with Crippen molar-refractivity contribution in [3.8, 4) is 0 Å². The van der Waals surface area contributed by atoms with Gasteiger partial charge in [0, 0.05) is 16.9 Å². The van der Waals surface area contributed by atoms with E-state index in [-0.39, 0.29) is 6.09 Å². The largest absolute Gasteiger partial charge is 0.443 e. The zero-order valence-corrected chi connectivity index (χ0v) is 13.0. The van der Waals surface area contributed by atoms with Crippen LogP contribution in [-0.2, 0) is 11.2 Å². The van der Waals surface area contributed by atoms with Gasteiger partial charge < -0.3 is 4.74 Å². The van der Waals surface area contributed by atoms with Crippen LogP contribution in [0.15, 0.2) is 30.5 Å². The van der Waals surface area contributed by atoms with Crippen LogP contribution < -0.4 is 0 Å². The Morgan fingerprint density at radius 1 is 1.32 bits per heavy atom. The van der Waals surface area contributed by atoms with Gasteiger partial charge in [-0.2, -0.15) is 0 Å². The van der Waals surface area contributed by atoms with E-state index in [1.54, 1.807) is 4.57 Å². The van der Waals surface area contributed by atoms with E-state index in [1.165, 1.54) is 0 Å². The lowest BCUT2D eigenvalue weighted by Crippen LogP contribution is -2.26. The van der Waals surface area contributed by atoms with Gasteiger partial charge in [0.05, 0.1) is 5.52 Å². The average molecular weight is 324 g/mol. The van der Waals surface area contributed by atoms with E-state index in [4.69, 9.17) is 4.74 Å². The third-order valence-electron chi connectivity index (χ3n) is 2.75. The summed E-state index contributed by atoms with van der Waals surface area (Å²) < 4.78 is 7.03. The molecule has 2 aromatic rings. The second-order valence-electron chi connectivity index (χ2n) is 5.46. The Labute approximate surface area is 121 Å². The highest BCUT2D eigenvalue weighted by Crippen LogP contribution is 2.23. The summed E-state index contributed by atoms with van der Waals surface area (Å²) in [6.07, 6.45) is 2.43. The summed E-state index contributed by atoms with van der Waals surface area (Å²) in [7, 11) is 0. The van der Waals surface area contributed by atoms with Crippen molar-refractivity contribution >= 4 is 32.9 Å². The Bertz CT molecular complexity index is 596. The van der Waals surface area contributed by atoms with Crippen molar-refractivity contribution in [3.05, 3.63) is 36.0 Å². The lowest BCUT2D eigenvalue weighted by atomic mass is 10.1. The second-order valence-corrected chi connectivity index (χ2v) is 6.25. The molecule has 0 N–H and O–H groups in total. The maximum atomic E-state index is 12.2. The molecule has 3 nitrogen and oxygen atoms in total. The van der Waals surface area contributed by atoms with Gasteiger partial charge in [-0.25, -0.2) is 4.79 Å². The summed E-state index contributed by atoms with van der Waals surface area (Å²) in [5, 5.41) is 1.97. The molecule has 0 radical (unpaired) electrons. The topological polar surface area (TPSA) is 31.2 Å². The first-order chi connectivity index (χ1) is 8.92. The summed E-state index contributed by atoms with van der Waals surface area (Å²) in [6.45, 7) is 5.61. The number of hydrogen-bond donors (Lipinski definition) is 0. The fourth-order valence-corrected chi connectivity index (χ4v) is 2.44. The molecule has 0 aliphatic rings. The first kappa shape index (κ1) is 14.1. The first-order valence-corrected chi connectivity index (χ1v) is 7.43. The number of ether oxygens (including phenoxy) is 1. The van der Waals surface area contributed by atoms with Crippen LogP contribution in [0.3, 0.4) is 0 Å². The van der Waals surface area contributed by atoms with Crippen LogP contribution in [0.1, 0.15) is 26.3 Å². The van der Waals surface area contributed by atoms with Crippen LogP contribution in [0.5, 0.6) is 0 Å². The van der Waals surface area contributed by atoms with Gasteiger partial charge in [0.15, 0.2) is 0 Å². The number of fused-ring (bicyclic) bond motifs is 1. The number of aryl methyl sites for hydroxylation is 1. The number of halogens is 1. The highest BCUT2D eigenvalue weighted by molar-refractivity contribution is 9.09. The van der Waals surface area contributed by atoms with Gasteiger partial charge in [-0.05, 0) is 38.8 Å². The number of para-hydroxylation sites is 1. The van der Waals surface area contributed by atoms with E-state index >= 15 is 0 Å². The summed E-state index contributed by atoms with van der Waals surface area (Å²) in [5.41, 5.74) is 1.56. The molecule has 1 heterocycles. The molecular formula is C15H18BrNO2. The van der Waals surface area contributed by atoms with Crippen molar-refractivity contribution in [2.24, 2.45) is 0 Å². The molecule has 0 fully saturated rings. The van der Waals surface area contributed by atoms with Crippen LogP contribution in [0.2, 0.25) is 0 Å². The fourth-order valence-electron chi connectivity index (χ4n) is 2.01. The van der Waals surface area contributed by atoms with Gasteiger partial charge in [0.25, 0.3) is 0 Å². The molecule has 0 spiro atoms. The van der Waals surface area contributed by atoms with Crippen molar-refractivity contribution in [1.82, 2.24) is 4.57 Å². The number of aromatic nitrogens is 1. The lowest BCUT2D eigenvalue weighted by molar-refractivity contribution is 0.0544. The van der Waals surface area contributed by atoms with Crippen LogP contribution in [0, 0.1) is 0 Å². The SMILES string of the molecule is CC(C)(C)OC(=O)n1cc(CCBr)c2ccccc21. The van der Waals surface area contributed by atoms with Crippen LogP contribution in [0.4, 0.5) is 4.79 Å². The molecule has 102 valence electrons. The van der Waals surface area contributed by atoms with E-state index in [1.807, 2.05) is 51.2 Å². The van der Waals surface area contributed by atoms with E-state index in [0.29, 0.717) is 0 Å². The minimum atomic E-state index is -0.488. The van der Waals surface area contributed by atoms with Gasteiger partial charge in [-0.1, -0.05) is 34.1 Å². The quantitative estimate of drug-likeness (QED) is 0.769. The van der Waals surface area contributed by atoms with Crippen LogP contribution >= 0.6 is 15.9 Å². The molecule has 0 saturated heterocycles. The predicted molar refractivity (Wildman–Crippen MR) is 81.1 cm³/mol. The molecule has 0 amide bonds. The van der Waals surface area contributed by atoms with E-state index < -0.39 is 5.60 Å².